The number of sulfonamides is 1. The zero-order valence-electron chi connectivity index (χ0n) is 16.5. The lowest BCUT2D eigenvalue weighted by atomic mass is 10.2. The number of halogens is 1. The summed E-state index contributed by atoms with van der Waals surface area (Å²) in [7, 11) is -3.78. The molecule has 1 amide bonds. The third kappa shape index (κ3) is 4.86. The summed E-state index contributed by atoms with van der Waals surface area (Å²) in [5.41, 5.74) is 1.98. The maximum Gasteiger partial charge on any atom is 0.251 e. The van der Waals surface area contributed by atoms with Gasteiger partial charge in [-0.25, -0.2) is 13.4 Å². The molecular formula is C20H21ClN4O3S2. The molecule has 1 N–H and O–H groups in total. The van der Waals surface area contributed by atoms with Gasteiger partial charge in [0, 0.05) is 42.0 Å². The van der Waals surface area contributed by atoms with E-state index in [-0.39, 0.29) is 22.0 Å². The molecule has 3 aromatic rings. The molecule has 2 heterocycles. The lowest BCUT2D eigenvalue weighted by molar-refractivity contribution is 0.0950. The van der Waals surface area contributed by atoms with Crippen molar-refractivity contribution in [1.29, 1.82) is 0 Å². The topological polar surface area (TPSA) is 92.3 Å². The van der Waals surface area contributed by atoms with E-state index in [4.69, 9.17) is 11.6 Å². The van der Waals surface area contributed by atoms with Crippen molar-refractivity contribution in [3.63, 3.8) is 0 Å². The van der Waals surface area contributed by atoms with E-state index in [2.05, 4.69) is 15.3 Å². The first kappa shape index (κ1) is 22.4. The van der Waals surface area contributed by atoms with Crippen LogP contribution < -0.4 is 5.32 Å². The van der Waals surface area contributed by atoms with Crippen LogP contribution in [-0.2, 0) is 16.6 Å². The predicted octanol–water partition coefficient (Wildman–Crippen LogP) is 3.82. The highest BCUT2D eigenvalue weighted by Crippen LogP contribution is 2.26. The van der Waals surface area contributed by atoms with Gasteiger partial charge in [-0.15, -0.1) is 11.3 Å². The molecule has 7 nitrogen and oxygen atoms in total. The molecule has 158 valence electrons. The summed E-state index contributed by atoms with van der Waals surface area (Å²) in [6, 6.07) is 7.97. The summed E-state index contributed by atoms with van der Waals surface area (Å²) in [6.07, 6.45) is 3.39. The van der Waals surface area contributed by atoms with E-state index in [0.29, 0.717) is 13.1 Å². The van der Waals surface area contributed by atoms with Gasteiger partial charge in [0.1, 0.15) is 9.90 Å². The Morgan fingerprint density at radius 3 is 2.53 bits per heavy atom. The number of thiazole rings is 1. The summed E-state index contributed by atoms with van der Waals surface area (Å²) in [5, 5.41) is 5.51. The largest absolute Gasteiger partial charge is 0.346 e. The van der Waals surface area contributed by atoms with Crippen molar-refractivity contribution >= 4 is 38.9 Å². The number of hydrogen-bond acceptors (Lipinski definition) is 6. The van der Waals surface area contributed by atoms with Crippen LogP contribution in [0, 0.1) is 0 Å². The Kier molecular flexibility index (Phi) is 7.19. The summed E-state index contributed by atoms with van der Waals surface area (Å²) in [6.45, 7) is 4.36. The Labute approximate surface area is 184 Å². The summed E-state index contributed by atoms with van der Waals surface area (Å²) < 4.78 is 26.9. The number of carbonyl (C=O) groups excluding carboxylic acids is 1. The number of nitrogens with one attached hydrogen (secondary N) is 1. The number of amides is 1. The van der Waals surface area contributed by atoms with Gasteiger partial charge in [0.25, 0.3) is 5.91 Å². The van der Waals surface area contributed by atoms with Crippen molar-refractivity contribution in [3.05, 3.63) is 63.7 Å². The second-order valence-corrected chi connectivity index (χ2v) is 9.54. The summed E-state index contributed by atoms with van der Waals surface area (Å²) in [5.74, 6) is -0.400. The van der Waals surface area contributed by atoms with Crippen molar-refractivity contribution < 1.29 is 13.2 Å². The Morgan fingerprint density at radius 1 is 1.17 bits per heavy atom. The lowest BCUT2D eigenvalue weighted by Gasteiger charge is -2.19. The highest BCUT2D eigenvalue weighted by atomic mass is 35.5. The Hall–Kier alpha value is -2.33. The minimum atomic E-state index is -3.78. The molecule has 0 radical (unpaired) electrons. The van der Waals surface area contributed by atoms with Gasteiger partial charge in [0.05, 0.1) is 17.3 Å². The minimum Gasteiger partial charge on any atom is -0.346 e. The van der Waals surface area contributed by atoms with Crippen LogP contribution in [0.2, 0.25) is 5.02 Å². The van der Waals surface area contributed by atoms with Crippen LogP contribution in [0.15, 0.2) is 53.0 Å². The van der Waals surface area contributed by atoms with Crippen molar-refractivity contribution in [2.75, 3.05) is 13.1 Å². The SMILES string of the molecule is CCN(CC)S(=O)(=O)c1cc(C(=O)NCc2nc(-c3ccncc3)cs2)ccc1Cl. The van der Waals surface area contributed by atoms with Gasteiger partial charge >= 0.3 is 0 Å². The average molecular weight is 465 g/mol. The maximum absolute atomic E-state index is 12.8. The summed E-state index contributed by atoms with van der Waals surface area (Å²) >= 11 is 7.56. The molecule has 0 aliphatic heterocycles. The van der Waals surface area contributed by atoms with Gasteiger partial charge in [0.15, 0.2) is 0 Å². The molecule has 0 aliphatic carbocycles. The summed E-state index contributed by atoms with van der Waals surface area (Å²) in [4.78, 5) is 21.0. The monoisotopic (exact) mass is 464 g/mol. The zero-order chi connectivity index (χ0) is 21.7. The van der Waals surface area contributed by atoms with Gasteiger partial charge in [-0.2, -0.15) is 4.31 Å². The van der Waals surface area contributed by atoms with Crippen molar-refractivity contribution in [2.24, 2.45) is 0 Å². The van der Waals surface area contributed by atoms with E-state index < -0.39 is 15.9 Å². The second-order valence-electron chi connectivity index (χ2n) is 6.28. The molecule has 0 saturated carbocycles. The normalized spacial score (nSPS) is 11.6. The second kappa shape index (κ2) is 9.65. The quantitative estimate of drug-likeness (QED) is 0.547. The molecule has 1 aromatic carbocycles. The molecule has 0 bridgehead atoms. The first-order valence-electron chi connectivity index (χ1n) is 9.29. The molecule has 0 aliphatic rings. The molecule has 10 heteroatoms. The first-order valence-corrected chi connectivity index (χ1v) is 12.0. The third-order valence-electron chi connectivity index (χ3n) is 4.44. The van der Waals surface area contributed by atoms with E-state index in [9.17, 15) is 13.2 Å². The number of hydrogen-bond donors (Lipinski definition) is 1. The van der Waals surface area contributed by atoms with Crippen molar-refractivity contribution in [1.82, 2.24) is 19.6 Å². The number of nitrogens with zero attached hydrogens (tertiary/aromatic N) is 3. The fourth-order valence-corrected chi connectivity index (χ4v) is 5.55. The fraction of sp³-hybridized carbons (Fsp3) is 0.250. The lowest BCUT2D eigenvalue weighted by Crippen LogP contribution is -2.31. The predicted molar refractivity (Wildman–Crippen MR) is 118 cm³/mol. The molecule has 0 saturated heterocycles. The standard InChI is InChI=1S/C20H21ClN4O3S2/c1-3-25(4-2)30(27,28)18-11-15(5-6-16(18)21)20(26)23-12-19-24-17(13-29-19)14-7-9-22-10-8-14/h5-11,13H,3-4,12H2,1-2H3,(H,23,26). The van der Waals surface area contributed by atoms with Crippen LogP contribution in [0.5, 0.6) is 0 Å². The molecule has 0 fully saturated rings. The Balaban J connectivity index is 1.74. The van der Waals surface area contributed by atoms with Gasteiger partial charge in [-0.3, -0.25) is 9.78 Å². The van der Waals surface area contributed by atoms with E-state index in [0.717, 1.165) is 16.3 Å². The Morgan fingerprint density at radius 2 is 1.87 bits per heavy atom. The van der Waals surface area contributed by atoms with E-state index in [1.807, 2.05) is 17.5 Å². The molecule has 3 rings (SSSR count). The van der Waals surface area contributed by atoms with Crippen LogP contribution in [-0.4, -0.2) is 41.7 Å². The van der Waals surface area contributed by atoms with Crippen LogP contribution in [0.3, 0.4) is 0 Å². The van der Waals surface area contributed by atoms with Crippen LogP contribution in [0.1, 0.15) is 29.2 Å². The first-order chi connectivity index (χ1) is 14.4. The molecule has 2 aromatic heterocycles. The minimum absolute atomic E-state index is 0.0743. The number of aromatic nitrogens is 2. The highest BCUT2D eigenvalue weighted by molar-refractivity contribution is 7.89. The molecular weight excluding hydrogens is 444 g/mol. The molecule has 30 heavy (non-hydrogen) atoms. The van der Waals surface area contributed by atoms with E-state index >= 15 is 0 Å². The van der Waals surface area contributed by atoms with Gasteiger partial charge in [0.2, 0.25) is 10.0 Å². The maximum atomic E-state index is 12.8. The fourth-order valence-electron chi connectivity index (χ4n) is 2.85. The van der Waals surface area contributed by atoms with Gasteiger partial charge in [-0.1, -0.05) is 25.4 Å². The van der Waals surface area contributed by atoms with Crippen LogP contribution >= 0.6 is 22.9 Å². The van der Waals surface area contributed by atoms with Gasteiger partial charge in [-0.05, 0) is 30.3 Å². The number of pyridine rings is 1. The van der Waals surface area contributed by atoms with Crippen molar-refractivity contribution in [3.8, 4) is 11.3 Å². The molecule has 0 unspecified atom stereocenters. The number of rotatable bonds is 8. The Bertz CT molecular complexity index is 1130. The third-order valence-corrected chi connectivity index (χ3v) is 7.82. The number of benzene rings is 1. The van der Waals surface area contributed by atoms with E-state index in [1.54, 1.807) is 26.2 Å². The smallest absolute Gasteiger partial charge is 0.251 e. The number of carbonyl (C=O) groups is 1. The van der Waals surface area contributed by atoms with Crippen LogP contribution in [0.4, 0.5) is 0 Å². The average Bonchev–Trinajstić information content (AvgIpc) is 3.22. The van der Waals surface area contributed by atoms with Crippen LogP contribution in [0.25, 0.3) is 11.3 Å². The molecule has 0 atom stereocenters. The molecule has 0 spiro atoms. The van der Waals surface area contributed by atoms with Crippen molar-refractivity contribution in [2.45, 2.75) is 25.3 Å². The zero-order valence-corrected chi connectivity index (χ0v) is 18.9. The highest BCUT2D eigenvalue weighted by Gasteiger charge is 2.25. The van der Waals surface area contributed by atoms with Gasteiger partial charge < -0.3 is 5.32 Å². The van der Waals surface area contributed by atoms with E-state index in [1.165, 1.54) is 33.8 Å².